The van der Waals surface area contributed by atoms with Gasteiger partial charge >= 0.3 is 0 Å². The Hall–Kier alpha value is -3.31. The molecule has 14 nitrogen and oxygen atoms in total. The van der Waals surface area contributed by atoms with Crippen LogP contribution < -0.4 is 10.2 Å². The van der Waals surface area contributed by atoms with E-state index in [-0.39, 0.29) is 16.7 Å². The topological polar surface area (TPSA) is 229 Å². The molecule has 42 heavy (non-hydrogen) atoms. The van der Waals surface area contributed by atoms with E-state index in [9.17, 15) is 45.6 Å². The van der Waals surface area contributed by atoms with Gasteiger partial charge in [0, 0.05) is 17.7 Å². The van der Waals surface area contributed by atoms with Crippen molar-refractivity contribution in [2.24, 2.45) is 0 Å². The second-order valence-electron chi connectivity index (χ2n) is 10.3. The van der Waals surface area contributed by atoms with E-state index in [0.29, 0.717) is 11.3 Å². The van der Waals surface area contributed by atoms with Gasteiger partial charge in [0.1, 0.15) is 82.8 Å². The summed E-state index contributed by atoms with van der Waals surface area (Å²) >= 11 is 0. The standard InChI is InChI=1S/C28H32O14/c1-10-20(32)23(35)25(37)28(39-10)42-27-24(36)21(33)17(9-29)41-26(27)19-14(31)8-16-18(22(19)34)13(30)7-15(40-16)11-3-5-12(38-2)6-4-11/h3-8,10,17,20-21,23-29,31-37H,9H2,1-2H3/t10-,17+,20-,21+,23+,24-,25+,26-,27+,28-/m0/s1. The van der Waals surface area contributed by atoms with Gasteiger partial charge in [-0.1, -0.05) is 0 Å². The van der Waals surface area contributed by atoms with Gasteiger partial charge in [0.05, 0.1) is 25.4 Å². The van der Waals surface area contributed by atoms with Crippen molar-refractivity contribution in [3.8, 4) is 28.6 Å². The lowest BCUT2D eigenvalue weighted by Crippen LogP contribution is -2.61. The Bertz CT molecular complexity index is 1470. The molecule has 3 aromatic rings. The molecular formula is C28H32O14. The zero-order valence-corrected chi connectivity index (χ0v) is 22.5. The average molecular weight is 593 g/mol. The van der Waals surface area contributed by atoms with Crippen LogP contribution in [0.3, 0.4) is 0 Å². The molecule has 2 saturated heterocycles. The lowest BCUT2D eigenvalue weighted by Gasteiger charge is -2.46. The minimum atomic E-state index is -1.85. The van der Waals surface area contributed by atoms with Crippen LogP contribution in [0.1, 0.15) is 18.6 Å². The van der Waals surface area contributed by atoms with Gasteiger partial charge in [-0.2, -0.15) is 0 Å². The molecule has 2 fully saturated rings. The van der Waals surface area contributed by atoms with Crippen LogP contribution in [0.15, 0.2) is 45.6 Å². The van der Waals surface area contributed by atoms with Gasteiger partial charge in [-0.3, -0.25) is 4.79 Å². The number of hydrogen-bond acceptors (Lipinski definition) is 14. The molecule has 2 aromatic carbocycles. The minimum Gasteiger partial charge on any atom is -0.507 e. The Morgan fingerprint density at radius 3 is 2.21 bits per heavy atom. The van der Waals surface area contributed by atoms with Gasteiger partial charge < -0.3 is 64.2 Å². The monoisotopic (exact) mass is 592 g/mol. The maximum absolute atomic E-state index is 13.2. The number of phenols is 2. The summed E-state index contributed by atoms with van der Waals surface area (Å²) in [6.45, 7) is 0.618. The Balaban J connectivity index is 1.58. The molecule has 2 aliphatic rings. The predicted octanol–water partition coefficient (Wildman–Crippen LogP) is -0.754. The molecule has 0 radical (unpaired) electrons. The van der Waals surface area contributed by atoms with E-state index in [4.69, 9.17) is 23.4 Å². The number of methoxy groups -OCH3 is 1. The van der Waals surface area contributed by atoms with Crippen LogP contribution in [0, 0.1) is 0 Å². The molecule has 8 N–H and O–H groups in total. The third-order valence-electron chi connectivity index (χ3n) is 7.64. The van der Waals surface area contributed by atoms with E-state index in [0.717, 1.165) is 12.1 Å². The van der Waals surface area contributed by atoms with Crippen molar-refractivity contribution < 1.29 is 64.2 Å². The third kappa shape index (κ3) is 5.21. The van der Waals surface area contributed by atoms with Gasteiger partial charge in [0.25, 0.3) is 0 Å². The summed E-state index contributed by atoms with van der Waals surface area (Å²) in [5, 5.41) is 83.9. The van der Waals surface area contributed by atoms with E-state index in [1.54, 1.807) is 24.3 Å². The number of aliphatic hydroxyl groups is 6. The summed E-state index contributed by atoms with van der Waals surface area (Å²) in [5.74, 6) is -0.726. The zero-order chi connectivity index (χ0) is 30.5. The molecule has 3 heterocycles. The first-order chi connectivity index (χ1) is 20.0. The Morgan fingerprint density at radius 2 is 1.57 bits per heavy atom. The highest BCUT2D eigenvalue weighted by Crippen LogP contribution is 2.46. The molecule has 1 aromatic heterocycles. The van der Waals surface area contributed by atoms with Crippen LogP contribution in [0.2, 0.25) is 0 Å². The fourth-order valence-electron chi connectivity index (χ4n) is 5.24. The van der Waals surface area contributed by atoms with Gasteiger partial charge in [-0.25, -0.2) is 0 Å². The van der Waals surface area contributed by atoms with Crippen molar-refractivity contribution in [2.75, 3.05) is 13.7 Å². The summed E-state index contributed by atoms with van der Waals surface area (Å²) in [5.41, 5.74) is -0.806. The van der Waals surface area contributed by atoms with Crippen LogP contribution >= 0.6 is 0 Å². The van der Waals surface area contributed by atoms with E-state index in [1.807, 2.05) is 0 Å². The summed E-state index contributed by atoms with van der Waals surface area (Å²) in [4.78, 5) is 13.2. The molecule has 5 rings (SSSR count). The van der Waals surface area contributed by atoms with E-state index >= 15 is 0 Å². The van der Waals surface area contributed by atoms with E-state index < -0.39 is 90.3 Å². The van der Waals surface area contributed by atoms with Crippen LogP contribution in [0.25, 0.3) is 22.3 Å². The molecule has 14 heteroatoms. The van der Waals surface area contributed by atoms with Gasteiger partial charge in [0.2, 0.25) is 0 Å². The van der Waals surface area contributed by atoms with Crippen LogP contribution in [-0.4, -0.2) is 110 Å². The van der Waals surface area contributed by atoms with Crippen molar-refractivity contribution in [1.29, 1.82) is 0 Å². The molecule has 228 valence electrons. The maximum Gasteiger partial charge on any atom is 0.197 e. The number of hydrogen-bond donors (Lipinski definition) is 8. The van der Waals surface area contributed by atoms with E-state index in [1.165, 1.54) is 14.0 Å². The molecular weight excluding hydrogens is 560 g/mol. The van der Waals surface area contributed by atoms with Crippen molar-refractivity contribution in [1.82, 2.24) is 0 Å². The molecule has 0 amide bonds. The second-order valence-corrected chi connectivity index (χ2v) is 10.3. The van der Waals surface area contributed by atoms with Crippen molar-refractivity contribution in [2.45, 2.75) is 68.1 Å². The quantitative estimate of drug-likeness (QED) is 0.176. The number of fused-ring (bicyclic) bond motifs is 1. The first-order valence-corrected chi connectivity index (χ1v) is 13.1. The first-order valence-electron chi connectivity index (χ1n) is 13.1. The number of aliphatic hydroxyl groups excluding tert-OH is 6. The number of aromatic hydroxyl groups is 2. The number of phenolic OH excluding ortho intramolecular Hbond substituents is 2. The third-order valence-corrected chi connectivity index (χ3v) is 7.64. The average Bonchev–Trinajstić information content (AvgIpc) is 2.97. The number of rotatable bonds is 6. The number of ether oxygens (including phenoxy) is 4. The van der Waals surface area contributed by atoms with Crippen LogP contribution in [0.5, 0.6) is 17.2 Å². The molecule has 0 unspecified atom stereocenters. The normalized spacial score (nSPS) is 33.5. The van der Waals surface area contributed by atoms with Crippen LogP contribution in [0.4, 0.5) is 0 Å². The van der Waals surface area contributed by atoms with Crippen molar-refractivity contribution in [3.05, 3.63) is 52.2 Å². The summed E-state index contributed by atoms with van der Waals surface area (Å²) in [6, 6.07) is 8.80. The summed E-state index contributed by atoms with van der Waals surface area (Å²) in [7, 11) is 1.50. The molecule has 0 spiro atoms. The smallest absolute Gasteiger partial charge is 0.197 e. The molecule has 10 atom stereocenters. The predicted molar refractivity (Wildman–Crippen MR) is 142 cm³/mol. The first kappa shape index (κ1) is 30.2. The van der Waals surface area contributed by atoms with Crippen molar-refractivity contribution in [3.63, 3.8) is 0 Å². The fraction of sp³-hybridized carbons (Fsp3) is 0.464. The summed E-state index contributed by atoms with van der Waals surface area (Å²) in [6.07, 6.45) is -16.0. The highest BCUT2D eigenvalue weighted by atomic mass is 16.7. The molecule has 2 aliphatic heterocycles. The Morgan fingerprint density at radius 1 is 0.881 bits per heavy atom. The lowest BCUT2D eigenvalue weighted by atomic mass is 9.89. The Labute approximate surface area is 238 Å². The van der Waals surface area contributed by atoms with Crippen LogP contribution in [-0.2, 0) is 14.2 Å². The molecule has 0 aliphatic carbocycles. The van der Waals surface area contributed by atoms with Gasteiger partial charge in [-0.15, -0.1) is 0 Å². The fourth-order valence-corrected chi connectivity index (χ4v) is 5.24. The summed E-state index contributed by atoms with van der Waals surface area (Å²) < 4.78 is 27.9. The van der Waals surface area contributed by atoms with Gasteiger partial charge in [0.15, 0.2) is 11.7 Å². The minimum absolute atomic E-state index is 0.133. The highest BCUT2D eigenvalue weighted by Gasteiger charge is 2.51. The number of benzene rings is 2. The van der Waals surface area contributed by atoms with E-state index in [2.05, 4.69) is 0 Å². The lowest BCUT2D eigenvalue weighted by molar-refractivity contribution is -0.338. The maximum atomic E-state index is 13.2. The second kappa shape index (κ2) is 11.8. The zero-order valence-electron chi connectivity index (χ0n) is 22.5. The highest BCUT2D eigenvalue weighted by molar-refractivity contribution is 5.88. The van der Waals surface area contributed by atoms with Gasteiger partial charge in [-0.05, 0) is 31.2 Å². The molecule has 0 saturated carbocycles. The van der Waals surface area contributed by atoms with Crippen molar-refractivity contribution >= 4 is 11.0 Å². The largest absolute Gasteiger partial charge is 0.507 e. The molecule has 0 bridgehead atoms. The Kier molecular flexibility index (Phi) is 8.44. The SMILES string of the molecule is COc1ccc(-c2cc(=O)c3c(O)c([C@@H]4O[C@H](CO)[C@@H](O)[C@H](O)[C@H]4O[C@@H]4O[C@@H](C)[C@H](O)[C@@H](O)[C@H]4O)c(O)cc3o2)cc1.